The van der Waals surface area contributed by atoms with Crippen LogP contribution in [-0.4, -0.2) is 12.5 Å². The van der Waals surface area contributed by atoms with E-state index in [-0.39, 0.29) is 5.82 Å². The number of rotatable bonds is 6. The second-order valence-electron chi connectivity index (χ2n) is 5.79. The molecule has 0 aromatic heterocycles. The zero-order valence-corrected chi connectivity index (χ0v) is 11.5. The molecule has 4 heteroatoms. The molecule has 1 amide bonds. The van der Waals surface area contributed by atoms with Gasteiger partial charge in [0.05, 0.1) is 0 Å². The lowest BCUT2D eigenvalue weighted by atomic mass is 9.92. The van der Waals surface area contributed by atoms with Gasteiger partial charge in [0.1, 0.15) is 5.82 Å². The van der Waals surface area contributed by atoms with Crippen LogP contribution in [-0.2, 0) is 6.54 Å². The van der Waals surface area contributed by atoms with Gasteiger partial charge in [-0.05, 0) is 42.4 Å². The maximum absolute atomic E-state index is 13.6. The third kappa shape index (κ3) is 3.13. The quantitative estimate of drug-likeness (QED) is 0.829. The fourth-order valence-corrected chi connectivity index (χ4v) is 2.43. The molecule has 0 spiro atoms. The Morgan fingerprint density at radius 2 is 2.16 bits per heavy atom. The lowest BCUT2D eigenvalue weighted by molar-refractivity contribution is 0.1000. The molecule has 19 heavy (non-hydrogen) atoms. The van der Waals surface area contributed by atoms with Crippen molar-refractivity contribution in [1.82, 2.24) is 5.32 Å². The number of nitrogens with one attached hydrogen (secondary N) is 1. The Kier molecular flexibility index (Phi) is 3.90. The van der Waals surface area contributed by atoms with Gasteiger partial charge < -0.3 is 11.1 Å². The summed E-state index contributed by atoms with van der Waals surface area (Å²) in [6.45, 7) is 5.78. The van der Waals surface area contributed by atoms with Crippen molar-refractivity contribution < 1.29 is 9.18 Å². The summed E-state index contributed by atoms with van der Waals surface area (Å²) < 4.78 is 13.6. The Morgan fingerprint density at radius 1 is 1.47 bits per heavy atom. The molecule has 0 aliphatic heterocycles. The lowest BCUT2D eigenvalue weighted by Crippen LogP contribution is -2.27. The minimum atomic E-state index is -0.526. The van der Waals surface area contributed by atoms with Crippen molar-refractivity contribution in [3.05, 3.63) is 35.1 Å². The summed E-state index contributed by atoms with van der Waals surface area (Å²) in [5.41, 5.74) is 6.43. The van der Waals surface area contributed by atoms with Crippen LogP contribution in [0.2, 0.25) is 0 Å². The minimum Gasteiger partial charge on any atom is -0.366 e. The average Bonchev–Trinajstić information content (AvgIpc) is 3.12. The Balaban J connectivity index is 1.96. The highest BCUT2D eigenvalue weighted by atomic mass is 19.1. The molecule has 3 nitrogen and oxygen atoms in total. The molecule has 1 aromatic carbocycles. The molecule has 2 rings (SSSR count). The topological polar surface area (TPSA) is 55.1 Å². The van der Waals surface area contributed by atoms with Crippen LogP contribution >= 0.6 is 0 Å². The molecule has 0 heterocycles. The van der Waals surface area contributed by atoms with Crippen molar-refractivity contribution in [3.8, 4) is 0 Å². The summed E-state index contributed by atoms with van der Waals surface area (Å²) in [6, 6.07) is 4.24. The largest absolute Gasteiger partial charge is 0.366 e. The van der Waals surface area contributed by atoms with Crippen LogP contribution in [0.3, 0.4) is 0 Å². The number of nitrogens with two attached hydrogens (primary N) is 1. The first-order chi connectivity index (χ1) is 8.94. The summed E-state index contributed by atoms with van der Waals surface area (Å²) >= 11 is 0. The molecule has 1 aliphatic rings. The van der Waals surface area contributed by atoms with Gasteiger partial charge in [-0.1, -0.05) is 13.8 Å². The summed E-state index contributed by atoms with van der Waals surface area (Å²) in [5.74, 6) is -0.184. The van der Waals surface area contributed by atoms with Gasteiger partial charge >= 0.3 is 0 Å². The van der Waals surface area contributed by atoms with Gasteiger partial charge in [0.25, 0.3) is 0 Å². The first-order valence-corrected chi connectivity index (χ1v) is 6.73. The van der Waals surface area contributed by atoms with Crippen molar-refractivity contribution in [1.29, 1.82) is 0 Å². The van der Waals surface area contributed by atoms with Crippen LogP contribution in [0.15, 0.2) is 18.2 Å². The first kappa shape index (κ1) is 14.0. The van der Waals surface area contributed by atoms with Gasteiger partial charge in [-0.15, -0.1) is 0 Å². The molecular weight excluding hydrogens is 243 g/mol. The van der Waals surface area contributed by atoms with E-state index in [1.165, 1.54) is 31.0 Å². The number of carbonyl (C=O) groups is 1. The molecule has 3 N–H and O–H groups in total. The van der Waals surface area contributed by atoms with Gasteiger partial charge in [0, 0.05) is 24.2 Å². The van der Waals surface area contributed by atoms with E-state index < -0.39 is 5.91 Å². The summed E-state index contributed by atoms with van der Waals surface area (Å²) in [4.78, 5) is 11.1. The van der Waals surface area contributed by atoms with E-state index in [9.17, 15) is 9.18 Å². The van der Waals surface area contributed by atoms with Crippen LogP contribution in [0.25, 0.3) is 0 Å². The van der Waals surface area contributed by atoms with E-state index in [0.717, 1.165) is 6.54 Å². The normalized spacial score (nSPS) is 16.6. The Morgan fingerprint density at radius 3 is 2.68 bits per heavy atom. The zero-order valence-electron chi connectivity index (χ0n) is 11.5. The van der Waals surface area contributed by atoms with Crippen LogP contribution in [0.1, 0.15) is 42.6 Å². The number of amides is 1. The highest BCUT2D eigenvalue weighted by molar-refractivity contribution is 5.92. The monoisotopic (exact) mass is 264 g/mol. The zero-order chi connectivity index (χ0) is 14.0. The molecule has 0 bridgehead atoms. The molecule has 0 saturated heterocycles. The molecular formula is C15H21FN2O. The second-order valence-corrected chi connectivity index (χ2v) is 5.79. The number of carbonyl (C=O) groups excluding carboxylic acids is 1. The van der Waals surface area contributed by atoms with Gasteiger partial charge in [0.2, 0.25) is 5.91 Å². The van der Waals surface area contributed by atoms with Crippen LogP contribution in [0.5, 0.6) is 0 Å². The van der Waals surface area contributed by atoms with E-state index in [1.54, 1.807) is 0 Å². The Bertz CT molecular complexity index is 481. The minimum absolute atomic E-state index is 0.299. The molecule has 1 fully saturated rings. The van der Waals surface area contributed by atoms with Crippen molar-refractivity contribution >= 4 is 5.91 Å². The van der Waals surface area contributed by atoms with Gasteiger partial charge in [-0.2, -0.15) is 0 Å². The van der Waals surface area contributed by atoms with E-state index in [0.29, 0.717) is 29.0 Å². The predicted molar refractivity (Wildman–Crippen MR) is 73.1 cm³/mol. The van der Waals surface area contributed by atoms with Crippen LogP contribution in [0.4, 0.5) is 4.39 Å². The number of hydrogen-bond acceptors (Lipinski definition) is 2. The maximum atomic E-state index is 13.6. The van der Waals surface area contributed by atoms with Gasteiger partial charge in [-0.3, -0.25) is 4.79 Å². The second kappa shape index (κ2) is 5.29. The van der Waals surface area contributed by atoms with Crippen LogP contribution < -0.4 is 11.1 Å². The smallest absolute Gasteiger partial charge is 0.248 e. The van der Waals surface area contributed by atoms with Crippen LogP contribution in [0, 0.1) is 17.2 Å². The van der Waals surface area contributed by atoms with E-state index in [4.69, 9.17) is 5.73 Å². The fourth-order valence-electron chi connectivity index (χ4n) is 2.43. The molecule has 1 saturated carbocycles. The summed E-state index contributed by atoms with van der Waals surface area (Å²) in [5, 5.41) is 3.30. The number of primary amides is 1. The molecule has 1 aromatic rings. The first-order valence-electron chi connectivity index (χ1n) is 6.73. The molecule has 104 valence electrons. The lowest BCUT2D eigenvalue weighted by Gasteiger charge is -2.20. The van der Waals surface area contributed by atoms with Crippen molar-refractivity contribution in [2.24, 2.45) is 17.1 Å². The Hall–Kier alpha value is -1.42. The van der Waals surface area contributed by atoms with Crippen molar-refractivity contribution in [3.63, 3.8) is 0 Å². The SMILES string of the molecule is CC(C)C1(CNCc2cc(C(N)=O)ccc2F)CC1. The van der Waals surface area contributed by atoms with E-state index in [2.05, 4.69) is 19.2 Å². The Labute approximate surface area is 113 Å². The predicted octanol–water partition coefficient (Wildman–Crippen LogP) is 2.45. The number of hydrogen-bond donors (Lipinski definition) is 2. The van der Waals surface area contributed by atoms with Gasteiger partial charge in [0.15, 0.2) is 0 Å². The standard InChI is InChI=1S/C15H21FN2O/c1-10(2)15(5-6-15)9-18-8-12-7-11(14(17)19)3-4-13(12)16/h3-4,7,10,18H,5-6,8-9H2,1-2H3,(H2,17,19). The average molecular weight is 264 g/mol. The highest BCUT2D eigenvalue weighted by Gasteiger charge is 2.44. The molecule has 0 radical (unpaired) electrons. The molecule has 1 aliphatic carbocycles. The highest BCUT2D eigenvalue weighted by Crippen LogP contribution is 2.51. The fraction of sp³-hybridized carbons (Fsp3) is 0.533. The summed E-state index contributed by atoms with van der Waals surface area (Å²) in [7, 11) is 0. The summed E-state index contributed by atoms with van der Waals surface area (Å²) in [6.07, 6.45) is 2.48. The third-order valence-electron chi connectivity index (χ3n) is 4.24. The number of benzene rings is 1. The van der Waals surface area contributed by atoms with E-state index >= 15 is 0 Å². The van der Waals surface area contributed by atoms with E-state index in [1.807, 2.05) is 0 Å². The molecule has 0 unspecified atom stereocenters. The number of halogens is 1. The third-order valence-corrected chi connectivity index (χ3v) is 4.24. The van der Waals surface area contributed by atoms with Crippen molar-refractivity contribution in [2.45, 2.75) is 33.2 Å². The maximum Gasteiger partial charge on any atom is 0.248 e. The molecule has 0 atom stereocenters. The van der Waals surface area contributed by atoms with Gasteiger partial charge in [-0.25, -0.2) is 4.39 Å². The van der Waals surface area contributed by atoms with Crippen molar-refractivity contribution in [2.75, 3.05) is 6.54 Å².